The Hall–Kier alpha value is -1.67. The molecule has 0 aliphatic rings. The van der Waals surface area contributed by atoms with E-state index in [0.29, 0.717) is 16.5 Å². The van der Waals surface area contributed by atoms with Crippen molar-refractivity contribution in [2.45, 2.75) is 13.8 Å². The summed E-state index contributed by atoms with van der Waals surface area (Å²) in [6, 6.07) is 11.3. The Morgan fingerprint density at radius 2 is 1.53 bits per heavy atom. The quantitative estimate of drug-likeness (QED) is 0.802. The Labute approximate surface area is 106 Å². The number of halogens is 1. The van der Waals surface area contributed by atoms with Crippen LogP contribution in [0.3, 0.4) is 0 Å². The number of rotatable bonds is 2. The van der Waals surface area contributed by atoms with Crippen LogP contribution in [-0.4, -0.2) is 0 Å². The Morgan fingerprint density at radius 3 is 2.12 bits per heavy atom. The largest absolute Gasteiger partial charge is 0.453 e. The minimum atomic E-state index is 0.520. The normalized spacial score (nSPS) is 10.3. The molecule has 0 bridgehead atoms. The fourth-order valence-corrected chi connectivity index (χ4v) is 1.92. The van der Waals surface area contributed by atoms with Crippen molar-refractivity contribution < 1.29 is 4.74 Å². The summed E-state index contributed by atoms with van der Waals surface area (Å²) >= 11 is 6.08. The zero-order valence-electron chi connectivity index (χ0n) is 9.83. The van der Waals surface area contributed by atoms with Gasteiger partial charge in [0.25, 0.3) is 0 Å². The van der Waals surface area contributed by atoms with E-state index < -0.39 is 0 Å². The highest BCUT2D eigenvalue weighted by atomic mass is 35.5. The third-order valence-corrected chi connectivity index (χ3v) is 2.91. The van der Waals surface area contributed by atoms with Gasteiger partial charge in [-0.05, 0) is 37.1 Å². The lowest BCUT2D eigenvalue weighted by molar-refractivity contribution is 0.477. The van der Waals surface area contributed by atoms with Crippen molar-refractivity contribution in [1.82, 2.24) is 0 Å². The maximum absolute atomic E-state index is 6.08. The molecule has 2 N–H and O–H groups in total. The summed E-state index contributed by atoms with van der Waals surface area (Å²) in [7, 11) is 0. The van der Waals surface area contributed by atoms with Gasteiger partial charge >= 0.3 is 0 Å². The average Bonchev–Trinajstić information content (AvgIpc) is 2.27. The first-order valence-electron chi connectivity index (χ1n) is 5.37. The molecule has 2 aromatic rings. The van der Waals surface area contributed by atoms with Crippen LogP contribution in [0.1, 0.15) is 11.1 Å². The molecular weight excluding hydrogens is 234 g/mol. The number of hydrogen-bond acceptors (Lipinski definition) is 2. The monoisotopic (exact) mass is 247 g/mol. The maximum atomic E-state index is 6.08. The second-order valence-corrected chi connectivity index (χ2v) is 4.39. The van der Waals surface area contributed by atoms with Crippen LogP contribution in [0.15, 0.2) is 36.4 Å². The van der Waals surface area contributed by atoms with Crippen LogP contribution in [0.5, 0.6) is 11.5 Å². The van der Waals surface area contributed by atoms with Crippen LogP contribution >= 0.6 is 11.6 Å². The molecule has 0 aliphatic heterocycles. The molecule has 88 valence electrons. The van der Waals surface area contributed by atoms with Crippen molar-refractivity contribution in [2.75, 3.05) is 5.73 Å². The zero-order chi connectivity index (χ0) is 12.4. The van der Waals surface area contributed by atoms with E-state index in [-0.39, 0.29) is 0 Å². The SMILES string of the molecule is Cc1cccc(C)c1Oc1c(N)cccc1Cl. The second kappa shape index (κ2) is 4.68. The van der Waals surface area contributed by atoms with Gasteiger partial charge in [0, 0.05) is 0 Å². The van der Waals surface area contributed by atoms with Gasteiger partial charge in [-0.2, -0.15) is 0 Å². The molecule has 2 rings (SSSR count). The van der Waals surface area contributed by atoms with E-state index in [9.17, 15) is 0 Å². The average molecular weight is 248 g/mol. The van der Waals surface area contributed by atoms with Gasteiger partial charge < -0.3 is 10.5 Å². The van der Waals surface area contributed by atoms with Crippen molar-refractivity contribution in [3.8, 4) is 11.5 Å². The molecule has 0 aromatic heterocycles. The summed E-state index contributed by atoms with van der Waals surface area (Å²) in [6.45, 7) is 3.99. The third kappa shape index (κ3) is 2.37. The van der Waals surface area contributed by atoms with Crippen molar-refractivity contribution in [2.24, 2.45) is 0 Å². The minimum absolute atomic E-state index is 0.520. The fraction of sp³-hybridized carbons (Fsp3) is 0.143. The summed E-state index contributed by atoms with van der Waals surface area (Å²) in [5.41, 5.74) is 8.52. The third-order valence-electron chi connectivity index (χ3n) is 2.61. The van der Waals surface area contributed by atoms with Crippen LogP contribution in [0, 0.1) is 13.8 Å². The van der Waals surface area contributed by atoms with Crippen molar-refractivity contribution >= 4 is 17.3 Å². The van der Waals surface area contributed by atoms with Gasteiger partial charge in [-0.3, -0.25) is 0 Å². The van der Waals surface area contributed by atoms with E-state index in [2.05, 4.69) is 0 Å². The molecule has 17 heavy (non-hydrogen) atoms. The lowest BCUT2D eigenvalue weighted by atomic mass is 10.1. The van der Waals surface area contributed by atoms with E-state index in [1.807, 2.05) is 32.0 Å². The number of nitrogens with two attached hydrogens (primary N) is 1. The standard InChI is InChI=1S/C14H14ClNO/c1-9-5-3-6-10(2)13(9)17-14-11(15)7-4-8-12(14)16/h3-8H,16H2,1-2H3. The number of para-hydroxylation sites is 2. The van der Waals surface area contributed by atoms with E-state index in [4.69, 9.17) is 22.1 Å². The number of anilines is 1. The molecule has 2 nitrogen and oxygen atoms in total. The molecule has 0 saturated heterocycles. The predicted molar refractivity (Wildman–Crippen MR) is 71.9 cm³/mol. The minimum Gasteiger partial charge on any atom is -0.453 e. The van der Waals surface area contributed by atoms with E-state index in [1.165, 1.54) is 0 Å². The van der Waals surface area contributed by atoms with Crippen LogP contribution < -0.4 is 10.5 Å². The fourth-order valence-electron chi connectivity index (χ4n) is 1.70. The van der Waals surface area contributed by atoms with Gasteiger partial charge in [0.05, 0.1) is 10.7 Å². The number of nitrogen functional groups attached to an aromatic ring is 1. The van der Waals surface area contributed by atoms with E-state index in [1.54, 1.807) is 18.2 Å². The van der Waals surface area contributed by atoms with Crippen molar-refractivity contribution in [3.63, 3.8) is 0 Å². The molecular formula is C14H14ClNO. The number of ether oxygens (including phenoxy) is 1. The molecule has 0 fully saturated rings. The topological polar surface area (TPSA) is 35.2 Å². The lowest BCUT2D eigenvalue weighted by Gasteiger charge is -2.14. The lowest BCUT2D eigenvalue weighted by Crippen LogP contribution is -1.95. The van der Waals surface area contributed by atoms with Gasteiger partial charge in [0.1, 0.15) is 5.75 Å². The molecule has 0 aliphatic carbocycles. The highest BCUT2D eigenvalue weighted by Crippen LogP contribution is 2.37. The number of hydrogen-bond donors (Lipinski definition) is 1. The van der Waals surface area contributed by atoms with Gasteiger partial charge in [-0.15, -0.1) is 0 Å². The van der Waals surface area contributed by atoms with Crippen LogP contribution in [0.4, 0.5) is 5.69 Å². The Morgan fingerprint density at radius 1 is 0.941 bits per heavy atom. The highest BCUT2D eigenvalue weighted by molar-refractivity contribution is 6.32. The maximum Gasteiger partial charge on any atom is 0.168 e. The number of aryl methyl sites for hydroxylation is 2. The number of benzene rings is 2. The first-order chi connectivity index (χ1) is 8.09. The van der Waals surface area contributed by atoms with E-state index >= 15 is 0 Å². The molecule has 0 atom stereocenters. The molecule has 0 saturated carbocycles. The molecule has 0 radical (unpaired) electrons. The van der Waals surface area contributed by atoms with Crippen LogP contribution in [0.2, 0.25) is 5.02 Å². The Bertz CT molecular complexity index is 462. The summed E-state index contributed by atoms with van der Waals surface area (Å²) in [6.07, 6.45) is 0. The smallest absolute Gasteiger partial charge is 0.168 e. The first kappa shape index (κ1) is 11.8. The molecule has 0 heterocycles. The molecule has 2 aromatic carbocycles. The van der Waals surface area contributed by atoms with Gasteiger partial charge in [0.15, 0.2) is 5.75 Å². The van der Waals surface area contributed by atoms with Gasteiger partial charge in [-0.1, -0.05) is 35.9 Å². The molecule has 0 spiro atoms. The van der Waals surface area contributed by atoms with Crippen molar-refractivity contribution in [3.05, 3.63) is 52.5 Å². The summed E-state index contributed by atoms with van der Waals surface area (Å²) in [5, 5.41) is 0.521. The first-order valence-corrected chi connectivity index (χ1v) is 5.75. The molecule has 3 heteroatoms. The Kier molecular flexibility index (Phi) is 3.25. The van der Waals surface area contributed by atoms with Crippen LogP contribution in [0.25, 0.3) is 0 Å². The zero-order valence-corrected chi connectivity index (χ0v) is 10.6. The highest BCUT2D eigenvalue weighted by Gasteiger charge is 2.10. The van der Waals surface area contributed by atoms with Gasteiger partial charge in [-0.25, -0.2) is 0 Å². The van der Waals surface area contributed by atoms with Crippen LogP contribution in [-0.2, 0) is 0 Å². The summed E-state index contributed by atoms with van der Waals surface area (Å²) in [4.78, 5) is 0. The van der Waals surface area contributed by atoms with Gasteiger partial charge in [0.2, 0.25) is 0 Å². The van der Waals surface area contributed by atoms with Crippen molar-refractivity contribution in [1.29, 1.82) is 0 Å². The molecule has 0 amide bonds. The van der Waals surface area contributed by atoms with E-state index in [0.717, 1.165) is 16.9 Å². The predicted octanol–water partition coefficient (Wildman–Crippen LogP) is 4.33. The summed E-state index contributed by atoms with van der Waals surface area (Å²) < 4.78 is 5.84. The molecule has 0 unspecified atom stereocenters. The Balaban J connectivity index is 2.45. The summed E-state index contributed by atoms with van der Waals surface area (Å²) in [5.74, 6) is 1.33. The second-order valence-electron chi connectivity index (χ2n) is 3.98.